The Hall–Kier alpha value is -3.07. The van der Waals surface area contributed by atoms with Gasteiger partial charge in [0.1, 0.15) is 0 Å². The number of ether oxygens (including phenoxy) is 1. The number of aryl methyl sites for hydroxylation is 1. The predicted octanol–water partition coefficient (Wildman–Crippen LogP) is 1.84. The van der Waals surface area contributed by atoms with Crippen LogP contribution in [0.4, 0.5) is 0 Å². The number of rotatable bonds is 5. The second-order valence-corrected chi connectivity index (χ2v) is 6.45. The quantitative estimate of drug-likeness (QED) is 0.732. The molecule has 3 aromatic rings. The van der Waals surface area contributed by atoms with Gasteiger partial charge in [-0.3, -0.25) is 4.79 Å². The summed E-state index contributed by atoms with van der Waals surface area (Å²) >= 11 is 0. The summed E-state index contributed by atoms with van der Waals surface area (Å²) in [5, 5.41) is 11.0. The van der Waals surface area contributed by atoms with Gasteiger partial charge >= 0.3 is 0 Å². The topological polar surface area (TPSA) is 108 Å². The summed E-state index contributed by atoms with van der Waals surface area (Å²) < 4.78 is 12.3. The molecule has 4 rings (SSSR count). The number of pyridine rings is 1. The zero-order chi connectivity index (χ0) is 18.8. The number of carbonyl (C=O) groups excluding carboxylic acids is 1. The summed E-state index contributed by atoms with van der Waals surface area (Å²) in [4.78, 5) is 21.0. The van der Waals surface area contributed by atoms with E-state index in [2.05, 4.69) is 25.5 Å². The minimum atomic E-state index is -0.160. The van der Waals surface area contributed by atoms with Crippen LogP contribution in [0.25, 0.3) is 17.3 Å². The highest BCUT2D eigenvalue weighted by molar-refractivity contribution is 5.95. The molecule has 9 nitrogen and oxygen atoms in total. The van der Waals surface area contributed by atoms with Gasteiger partial charge < -0.3 is 14.6 Å². The third kappa shape index (κ3) is 3.59. The highest BCUT2D eigenvalue weighted by atomic mass is 16.5. The number of amides is 1. The maximum absolute atomic E-state index is 12.4. The molecule has 0 aromatic carbocycles. The van der Waals surface area contributed by atoms with Gasteiger partial charge in [-0.1, -0.05) is 5.16 Å². The van der Waals surface area contributed by atoms with Crippen molar-refractivity contribution in [3.63, 3.8) is 0 Å². The Balaban J connectivity index is 1.48. The van der Waals surface area contributed by atoms with Crippen molar-refractivity contribution in [3.8, 4) is 17.3 Å². The first-order valence-corrected chi connectivity index (χ1v) is 8.83. The van der Waals surface area contributed by atoms with Gasteiger partial charge in [0.05, 0.1) is 29.1 Å². The van der Waals surface area contributed by atoms with Gasteiger partial charge in [0, 0.05) is 19.3 Å². The Kier molecular flexibility index (Phi) is 4.68. The molecule has 0 bridgehead atoms. The van der Waals surface area contributed by atoms with Crippen LogP contribution in [0.2, 0.25) is 0 Å². The van der Waals surface area contributed by atoms with Crippen LogP contribution in [-0.4, -0.2) is 50.1 Å². The minimum Gasteiger partial charge on any atom is -0.376 e. The Morgan fingerprint density at radius 2 is 2.22 bits per heavy atom. The molecule has 9 heteroatoms. The average Bonchev–Trinajstić information content (AvgIpc) is 3.41. The van der Waals surface area contributed by atoms with Gasteiger partial charge in [-0.2, -0.15) is 10.1 Å². The number of hydrogen-bond donors (Lipinski definition) is 1. The number of nitrogens with zero attached hydrogens (tertiary/aromatic N) is 5. The first kappa shape index (κ1) is 17.3. The molecule has 0 radical (unpaired) electrons. The molecule has 1 fully saturated rings. The third-order valence-corrected chi connectivity index (χ3v) is 4.51. The summed E-state index contributed by atoms with van der Waals surface area (Å²) in [6.45, 7) is 4.88. The molecule has 0 aliphatic carbocycles. The predicted molar refractivity (Wildman–Crippen MR) is 95.4 cm³/mol. The van der Waals surface area contributed by atoms with Gasteiger partial charge in [0.15, 0.2) is 11.6 Å². The molecule has 1 N–H and O–H groups in total. The molecule has 0 saturated carbocycles. The number of carbonyl (C=O) groups is 1. The van der Waals surface area contributed by atoms with E-state index >= 15 is 0 Å². The Labute approximate surface area is 155 Å². The molecule has 0 spiro atoms. The van der Waals surface area contributed by atoms with Crippen molar-refractivity contribution in [1.82, 2.24) is 30.2 Å². The lowest BCUT2D eigenvalue weighted by molar-refractivity contribution is 0.0857. The van der Waals surface area contributed by atoms with Crippen LogP contribution >= 0.6 is 0 Å². The van der Waals surface area contributed by atoms with Crippen LogP contribution in [0, 0.1) is 13.8 Å². The molecule has 1 saturated heterocycles. The summed E-state index contributed by atoms with van der Waals surface area (Å²) in [6, 6.07) is 3.62. The van der Waals surface area contributed by atoms with E-state index in [9.17, 15) is 4.79 Å². The molecule has 27 heavy (non-hydrogen) atoms. The van der Waals surface area contributed by atoms with Gasteiger partial charge in [0.2, 0.25) is 0 Å². The fourth-order valence-corrected chi connectivity index (χ4v) is 3.02. The second-order valence-electron chi connectivity index (χ2n) is 6.45. The van der Waals surface area contributed by atoms with Crippen LogP contribution in [0.5, 0.6) is 0 Å². The van der Waals surface area contributed by atoms with Crippen molar-refractivity contribution in [2.75, 3.05) is 13.2 Å². The molecular formula is C18H20N6O3. The maximum atomic E-state index is 12.4. The largest absolute Gasteiger partial charge is 0.376 e. The lowest BCUT2D eigenvalue weighted by atomic mass is 10.2. The van der Waals surface area contributed by atoms with E-state index in [1.54, 1.807) is 30.1 Å². The SMILES string of the molecule is Cc1noc(-c2ccc(-n3ncc(C(=O)NC[C@@H]4CCCO4)c3C)nc2)n1. The van der Waals surface area contributed by atoms with Gasteiger partial charge in [-0.25, -0.2) is 9.67 Å². The maximum Gasteiger partial charge on any atom is 0.259 e. The monoisotopic (exact) mass is 368 g/mol. The molecule has 1 aliphatic rings. The van der Waals surface area contributed by atoms with E-state index in [1.807, 2.05) is 13.0 Å². The van der Waals surface area contributed by atoms with Crippen molar-refractivity contribution < 1.29 is 14.1 Å². The number of nitrogens with one attached hydrogen (secondary N) is 1. The Morgan fingerprint density at radius 3 is 2.89 bits per heavy atom. The smallest absolute Gasteiger partial charge is 0.259 e. The third-order valence-electron chi connectivity index (χ3n) is 4.51. The van der Waals surface area contributed by atoms with Gasteiger partial charge in [-0.15, -0.1) is 0 Å². The van der Waals surface area contributed by atoms with Crippen molar-refractivity contribution in [3.05, 3.63) is 41.6 Å². The molecule has 1 aliphatic heterocycles. The van der Waals surface area contributed by atoms with Crippen molar-refractivity contribution in [2.45, 2.75) is 32.8 Å². The van der Waals surface area contributed by atoms with Crippen LogP contribution in [0.3, 0.4) is 0 Å². The van der Waals surface area contributed by atoms with E-state index in [1.165, 1.54) is 0 Å². The molecule has 4 heterocycles. The van der Waals surface area contributed by atoms with E-state index < -0.39 is 0 Å². The summed E-state index contributed by atoms with van der Waals surface area (Å²) in [5.74, 6) is 1.42. The fourth-order valence-electron chi connectivity index (χ4n) is 3.02. The summed E-state index contributed by atoms with van der Waals surface area (Å²) in [5.41, 5.74) is 1.96. The van der Waals surface area contributed by atoms with Crippen molar-refractivity contribution in [2.24, 2.45) is 0 Å². The minimum absolute atomic E-state index is 0.104. The van der Waals surface area contributed by atoms with E-state index in [-0.39, 0.29) is 12.0 Å². The normalized spacial score (nSPS) is 16.6. The Morgan fingerprint density at radius 1 is 1.33 bits per heavy atom. The molecule has 140 valence electrons. The van der Waals surface area contributed by atoms with Crippen LogP contribution in [-0.2, 0) is 4.74 Å². The molecular weight excluding hydrogens is 348 g/mol. The summed E-state index contributed by atoms with van der Waals surface area (Å²) in [6.07, 6.45) is 5.32. The zero-order valence-corrected chi connectivity index (χ0v) is 15.2. The van der Waals surface area contributed by atoms with Crippen LogP contribution < -0.4 is 5.32 Å². The van der Waals surface area contributed by atoms with E-state index in [0.717, 1.165) is 25.0 Å². The zero-order valence-electron chi connectivity index (χ0n) is 15.2. The lowest BCUT2D eigenvalue weighted by Gasteiger charge is -2.10. The molecule has 0 unspecified atom stereocenters. The average molecular weight is 368 g/mol. The second kappa shape index (κ2) is 7.28. The fraction of sp³-hybridized carbons (Fsp3) is 0.389. The lowest BCUT2D eigenvalue weighted by Crippen LogP contribution is -2.32. The van der Waals surface area contributed by atoms with E-state index in [0.29, 0.717) is 35.3 Å². The summed E-state index contributed by atoms with van der Waals surface area (Å²) in [7, 11) is 0. The first-order chi connectivity index (χ1) is 13.1. The highest BCUT2D eigenvalue weighted by Crippen LogP contribution is 2.19. The van der Waals surface area contributed by atoms with Crippen molar-refractivity contribution >= 4 is 5.91 Å². The standard InChI is InChI=1S/C18H20N6O3/c1-11-15(17(25)20-9-14-4-3-7-26-14)10-21-24(11)16-6-5-13(8-19-16)18-22-12(2)23-27-18/h5-6,8,10,14H,3-4,7,9H2,1-2H3,(H,20,25)/t14-/m0/s1. The van der Waals surface area contributed by atoms with Gasteiger partial charge in [0.25, 0.3) is 11.8 Å². The van der Waals surface area contributed by atoms with Crippen LogP contribution in [0.1, 0.15) is 34.7 Å². The number of aromatic nitrogens is 5. The molecule has 3 aromatic heterocycles. The van der Waals surface area contributed by atoms with Crippen molar-refractivity contribution in [1.29, 1.82) is 0 Å². The first-order valence-electron chi connectivity index (χ1n) is 8.83. The van der Waals surface area contributed by atoms with Gasteiger partial charge in [-0.05, 0) is 38.8 Å². The number of hydrogen-bond acceptors (Lipinski definition) is 7. The van der Waals surface area contributed by atoms with E-state index in [4.69, 9.17) is 9.26 Å². The molecule has 1 amide bonds. The Bertz CT molecular complexity index is 940. The van der Waals surface area contributed by atoms with Crippen LogP contribution in [0.15, 0.2) is 29.0 Å². The highest BCUT2D eigenvalue weighted by Gasteiger charge is 2.19. The molecule has 1 atom stereocenters.